The lowest BCUT2D eigenvalue weighted by Gasteiger charge is -2.32. The quantitative estimate of drug-likeness (QED) is 0.563. The third kappa shape index (κ3) is 4.85. The van der Waals surface area contributed by atoms with Crippen LogP contribution in [0, 0.1) is 0 Å². The molecule has 3 aromatic rings. The van der Waals surface area contributed by atoms with E-state index in [1.807, 2.05) is 24.3 Å². The van der Waals surface area contributed by atoms with Crippen molar-refractivity contribution < 1.29 is 19.1 Å². The number of benzene rings is 2. The van der Waals surface area contributed by atoms with Crippen molar-refractivity contribution >= 4 is 34.4 Å². The predicted octanol–water partition coefficient (Wildman–Crippen LogP) is 2.90. The van der Waals surface area contributed by atoms with Crippen LogP contribution in [0.4, 0.5) is 5.69 Å². The molecule has 0 unspecified atom stereocenters. The number of hydrogen-bond acceptors (Lipinski definition) is 6. The largest absolute Gasteiger partial charge is 0.452 e. The van der Waals surface area contributed by atoms with Crippen molar-refractivity contribution in [2.75, 3.05) is 18.5 Å². The number of aromatic nitrogens is 1. The molecule has 2 heterocycles. The number of pyridine rings is 1. The van der Waals surface area contributed by atoms with Gasteiger partial charge in [-0.05, 0) is 44.2 Å². The van der Waals surface area contributed by atoms with E-state index in [0.717, 1.165) is 29.7 Å². The smallest absolute Gasteiger partial charge is 0.339 e. The van der Waals surface area contributed by atoms with E-state index in [0.29, 0.717) is 34.8 Å². The summed E-state index contributed by atoms with van der Waals surface area (Å²) >= 11 is 0. The molecule has 8 heteroatoms. The van der Waals surface area contributed by atoms with Gasteiger partial charge in [0.05, 0.1) is 11.1 Å². The number of fused-ring (bicyclic) bond motifs is 2. The van der Waals surface area contributed by atoms with Gasteiger partial charge in [-0.3, -0.25) is 19.5 Å². The second-order valence-electron chi connectivity index (χ2n) is 8.31. The van der Waals surface area contributed by atoms with Crippen LogP contribution >= 0.6 is 0 Å². The molecule has 0 fully saturated rings. The first-order valence-electron chi connectivity index (χ1n) is 10.8. The maximum atomic E-state index is 13.2. The van der Waals surface area contributed by atoms with Crippen LogP contribution in [-0.4, -0.2) is 46.9 Å². The molecule has 170 valence electrons. The molecule has 33 heavy (non-hydrogen) atoms. The number of nitrogens with two attached hydrogens (primary N) is 1. The summed E-state index contributed by atoms with van der Waals surface area (Å²) in [6.07, 6.45) is 0.750. The van der Waals surface area contributed by atoms with Crippen LogP contribution in [0.15, 0.2) is 48.5 Å². The molecule has 1 aromatic heterocycles. The highest BCUT2D eigenvalue weighted by Crippen LogP contribution is 2.29. The summed E-state index contributed by atoms with van der Waals surface area (Å²) in [5.74, 6) is -1.58. The molecule has 0 saturated heterocycles. The maximum absolute atomic E-state index is 13.2. The second kappa shape index (κ2) is 9.38. The van der Waals surface area contributed by atoms with Crippen LogP contribution in [-0.2, 0) is 22.5 Å². The standard InChI is InChI=1S/C25H26N4O4/c1-15(2)29-12-11-21-19(13-29)23(18-5-3-4-6-20(18)28-21)25(32)33-14-22(30)27-17-9-7-16(8-10-17)24(26)31/h3-10,15H,11-14H2,1-2H3,(H2,26,31)(H,27,30). The Bertz CT molecular complexity index is 1220. The van der Waals surface area contributed by atoms with Gasteiger partial charge in [0, 0.05) is 53.4 Å². The first-order valence-corrected chi connectivity index (χ1v) is 10.8. The molecular formula is C25H26N4O4. The number of anilines is 1. The minimum Gasteiger partial charge on any atom is -0.452 e. The molecule has 0 bridgehead atoms. The number of nitrogens with one attached hydrogen (secondary N) is 1. The Labute approximate surface area is 191 Å². The van der Waals surface area contributed by atoms with Crippen LogP contribution < -0.4 is 11.1 Å². The van der Waals surface area contributed by atoms with Gasteiger partial charge in [-0.25, -0.2) is 4.79 Å². The molecule has 0 saturated carbocycles. The highest BCUT2D eigenvalue weighted by molar-refractivity contribution is 6.06. The normalized spacial score (nSPS) is 13.5. The van der Waals surface area contributed by atoms with Crippen molar-refractivity contribution in [1.29, 1.82) is 0 Å². The number of rotatable bonds is 6. The van der Waals surface area contributed by atoms with Crippen molar-refractivity contribution in [2.45, 2.75) is 32.9 Å². The van der Waals surface area contributed by atoms with Crippen molar-refractivity contribution in [3.63, 3.8) is 0 Å². The Kier molecular flexibility index (Phi) is 6.37. The highest BCUT2D eigenvalue weighted by atomic mass is 16.5. The van der Waals surface area contributed by atoms with Crippen LogP contribution in [0.1, 0.15) is 45.8 Å². The van der Waals surface area contributed by atoms with Crippen LogP contribution in [0.2, 0.25) is 0 Å². The first-order chi connectivity index (χ1) is 15.8. The number of carbonyl (C=O) groups excluding carboxylic acids is 3. The Morgan fingerprint density at radius 1 is 1.12 bits per heavy atom. The Morgan fingerprint density at radius 2 is 1.85 bits per heavy atom. The third-order valence-corrected chi connectivity index (χ3v) is 5.80. The molecule has 3 N–H and O–H groups in total. The highest BCUT2D eigenvalue weighted by Gasteiger charge is 2.27. The molecule has 8 nitrogen and oxygen atoms in total. The molecular weight excluding hydrogens is 420 g/mol. The number of primary amides is 1. The molecule has 0 radical (unpaired) electrons. The monoisotopic (exact) mass is 446 g/mol. The zero-order valence-corrected chi connectivity index (χ0v) is 18.6. The zero-order valence-electron chi connectivity index (χ0n) is 18.6. The summed E-state index contributed by atoms with van der Waals surface area (Å²) in [5, 5.41) is 3.36. The van der Waals surface area contributed by atoms with E-state index >= 15 is 0 Å². The van der Waals surface area contributed by atoms with Gasteiger partial charge in [-0.1, -0.05) is 18.2 Å². The van der Waals surface area contributed by atoms with Crippen molar-refractivity contribution in [1.82, 2.24) is 9.88 Å². The number of ether oxygens (including phenoxy) is 1. The van der Waals surface area contributed by atoms with Crippen molar-refractivity contribution in [2.24, 2.45) is 5.73 Å². The fourth-order valence-electron chi connectivity index (χ4n) is 4.00. The van der Waals surface area contributed by atoms with E-state index in [2.05, 4.69) is 24.1 Å². The summed E-state index contributed by atoms with van der Waals surface area (Å²) < 4.78 is 5.42. The van der Waals surface area contributed by atoms with Crippen molar-refractivity contribution in [3.05, 3.63) is 70.9 Å². The molecule has 2 aromatic carbocycles. The molecule has 4 rings (SSSR count). The van der Waals surface area contributed by atoms with Gasteiger partial charge in [-0.15, -0.1) is 0 Å². The first kappa shape index (κ1) is 22.4. The molecule has 0 atom stereocenters. The number of carbonyl (C=O) groups is 3. The minimum atomic E-state index is -0.550. The summed E-state index contributed by atoms with van der Waals surface area (Å²) in [4.78, 5) is 43.8. The van der Waals surface area contributed by atoms with Gasteiger partial charge in [0.1, 0.15) is 0 Å². The SMILES string of the molecule is CC(C)N1CCc2nc3ccccc3c(C(=O)OCC(=O)Nc3ccc(C(N)=O)cc3)c2C1. The van der Waals surface area contributed by atoms with Gasteiger partial charge in [-0.2, -0.15) is 0 Å². The number of hydrogen-bond donors (Lipinski definition) is 2. The predicted molar refractivity (Wildman–Crippen MR) is 125 cm³/mol. The topological polar surface area (TPSA) is 115 Å². The summed E-state index contributed by atoms with van der Waals surface area (Å²) in [7, 11) is 0. The Balaban J connectivity index is 1.53. The van der Waals surface area contributed by atoms with E-state index in [4.69, 9.17) is 15.5 Å². The molecule has 2 amide bonds. The van der Waals surface area contributed by atoms with Crippen LogP contribution in [0.5, 0.6) is 0 Å². The van der Waals surface area contributed by atoms with E-state index in [-0.39, 0.29) is 0 Å². The lowest BCUT2D eigenvalue weighted by molar-refractivity contribution is -0.119. The maximum Gasteiger partial charge on any atom is 0.339 e. The minimum absolute atomic E-state index is 0.334. The number of nitrogens with zero attached hydrogens (tertiary/aromatic N) is 2. The average Bonchev–Trinajstić information content (AvgIpc) is 2.80. The number of amides is 2. The number of para-hydroxylation sites is 1. The van der Waals surface area contributed by atoms with Gasteiger partial charge < -0.3 is 15.8 Å². The fourth-order valence-corrected chi connectivity index (χ4v) is 4.00. The Hall–Kier alpha value is -3.78. The molecule has 0 aliphatic carbocycles. The lowest BCUT2D eigenvalue weighted by atomic mass is 9.95. The Morgan fingerprint density at radius 3 is 2.55 bits per heavy atom. The second-order valence-corrected chi connectivity index (χ2v) is 8.31. The van der Waals surface area contributed by atoms with Gasteiger partial charge in [0.15, 0.2) is 6.61 Å². The summed E-state index contributed by atoms with van der Waals surface area (Å²) in [6, 6.07) is 14.0. The van der Waals surface area contributed by atoms with Gasteiger partial charge in [0.2, 0.25) is 5.91 Å². The van der Waals surface area contributed by atoms with Gasteiger partial charge in [0.25, 0.3) is 5.91 Å². The zero-order chi connectivity index (χ0) is 23.5. The van der Waals surface area contributed by atoms with Crippen LogP contribution in [0.3, 0.4) is 0 Å². The third-order valence-electron chi connectivity index (χ3n) is 5.80. The average molecular weight is 447 g/mol. The lowest BCUT2D eigenvalue weighted by Crippen LogP contribution is -2.37. The molecule has 1 aliphatic heterocycles. The van der Waals surface area contributed by atoms with Gasteiger partial charge >= 0.3 is 5.97 Å². The van der Waals surface area contributed by atoms with E-state index in [1.54, 1.807) is 12.1 Å². The van der Waals surface area contributed by atoms with E-state index in [9.17, 15) is 14.4 Å². The van der Waals surface area contributed by atoms with E-state index < -0.39 is 24.4 Å². The molecule has 0 spiro atoms. The van der Waals surface area contributed by atoms with E-state index in [1.165, 1.54) is 12.1 Å². The number of esters is 1. The molecule has 1 aliphatic rings. The summed E-state index contributed by atoms with van der Waals surface area (Å²) in [5.41, 5.74) is 9.00. The van der Waals surface area contributed by atoms with Crippen molar-refractivity contribution in [3.8, 4) is 0 Å². The van der Waals surface area contributed by atoms with Crippen LogP contribution in [0.25, 0.3) is 10.9 Å². The fraction of sp³-hybridized carbons (Fsp3) is 0.280. The summed E-state index contributed by atoms with van der Waals surface area (Å²) in [6.45, 7) is 5.29.